The normalized spacial score (nSPS) is 17.7. The summed E-state index contributed by atoms with van der Waals surface area (Å²) in [6.45, 7) is 6.10. The van der Waals surface area contributed by atoms with Gasteiger partial charge >= 0.3 is 0 Å². The van der Waals surface area contributed by atoms with E-state index in [4.69, 9.17) is 9.26 Å². The molecule has 1 saturated heterocycles. The zero-order valence-corrected chi connectivity index (χ0v) is 15.0. The van der Waals surface area contributed by atoms with Gasteiger partial charge in [-0.1, -0.05) is 12.1 Å². The summed E-state index contributed by atoms with van der Waals surface area (Å²) >= 11 is 0. The summed E-state index contributed by atoms with van der Waals surface area (Å²) in [4.78, 5) is 7.15. The Morgan fingerprint density at radius 3 is 2.60 bits per heavy atom. The number of ether oxygens (including phenoxy) is 1. The number of aromatic nitrogens is 2. The Morgan fingerprint density at radius 2 is 1.96 bits per heavy atom. The highest BCUT2D eigenvalue weighted by Crippen LogP contribution is 2.38. The molecule has 2 heterocycles. The Morgan fingerprint density at radius 1 is 1.24 bits per heavy atom. The molecule has 6 heteroatoms. The molecule has 0 amide bonds. The second kappa shape index (κ2) is 8.06. The molecule has 0 radical (unpaired) electrons. The van der Waals surface area contributed by atoms with Crippen LogP contribution in [0.1, 0.15) is 38.4 Å². The Bertz CT molecular complexity index is 664. The number of hydrogen-bond donors (Lipinski definition) is 0. The maximum Gasteiger partial charge on any atom is 0.257 e. The third-order valence-corrected chi connectivity index (χ3v) is 5.13. The van der Waals surface area contributed by atoms with Crippen LogP contribution >= 0.6 is 0 Å². The first-order valence-corrected chi connectivity index (χ1v) is 8.98. The number of nitrogens with zero attached hydrogens (tertiary/aromatic N) is 3. The molecule has 136 valence electrons. The molecular formula is C19H26FN3O2. The second-order valence-corrected chi connectivity index (χ2v) is 6.79. The van der Waals surface area contributed by atoms with E-state index in [-0.39, 0.29) is 11.2 Å². The van der Waals surface area contributed by atoms with Crippen LogP contribution in [0.4, 0.5) is 4.39 Å². The molecule has 2 aromatic rings. The fourth-order valence-electron chi connectivity index (χ4n) is 3.55. The van der Waals surface area contributed by atoms with E-state index < -0.39 is 0 Å². The Labute approximate surface area is 148 Å². The third kappa shape index (κ3) is 4.07. The van der Waals surface area contributed by atoms with E-state index in [9.17, 15) is 4.39 Å². The van der Waals surface area contributed by atoms with Crippen molar-refractivity contribution >= 4 is 0 Å². The minimum atomic E-state index is -0.275. The van der Waals surface area contributed by atoms with Crippen LogP contribution in [0.3, 0.4) is 0 Å². The van der Waals surface area contributed by atoms with Gasteiger partial charge in [-0.2, -0.15) is 4.98 Å². The number of methoxy groups -OCH3 is 1. The van der Waals surface area contributed by atoms with Gasteiger partial charge in [0.25, 0.3) is 5.89 Å². The second-order valence-electron chi connectivity index (χ2n) is 6.79. The molecule has 25 heavy (non-hydrogen) atoms. The highest BCUT2D eigenvalue weighted by Gasteiger charge is 2.40. The molecule has 1 aliphatic heterocycles. The number of hydrogen-bond acceptors (Lipinski definition) is 5. The fourth-order valence-corrected chi connectivity index (χ4v) is 3.55. The monoisotopic (exact) mass is 347 g/mol. The van der Waals surface area contributed by atoms with E-state index in [0.717, 1.165) is 50.3 Å². The third-order valence-electron chi connectivity index (χ3n) is 5.13. The maximum absolute atomic E-state index is 13.1. The number of halogens is 1. The van der Waals surface area contributed by atoms with Crippen LogP contribution in [0.2, 0.25) is 0 Å². The number of rotatable bonds is 7. The van der Waals surface area contributed by atoms with Gasteiger partial charge in [-0.05, 0) is 69.6 Å². The molecule has 1 aromatic carbocycles. The SMILES string of the molecule is CCCN1CCC(CCOC)(c2noc(-c3ccc(F)cc3)n2)CC1. The van der Waals surface area contributed by atoms with Crippen molar-refractivity contribution in [1.29, 1.82) is 0 Å². The molecule has 1 aliphatic rings. The van der Waals surface area contributed by atoms with E-state index in [0.29, 0.717) is 12.5 Å². The zero-order chi connectivity index (χ0) is 17.7. The van der Waals surface area contributed by atoms with E-state index in [1.54, 1.807) is 19.2 Å². The molecule has 0 unspecified atom stereocenters. The quantitative estimate of drug-likeness (QED) is 0.765. The van der Waals surface area contributed by atoms with Gasteiger partial charge in [0.05, 0.1) is 0 Å². The van der Waals surface area contributed by atoms with E-state index in [1.807, 2.05) is 0 Å². The lowest BCUT2D eigenvalue weighted by Gasteiger charge is -2.39. The Hall–Kier alpha value is -1.79. The van der Waals surface area contributed by atoms with Gasteiger partial charge in [-0.15, -0.1) is 0 Å². The fraction of sp³-hybridized carbons (Fsp3) is 0.579. The highest BCUT2D eigenvalue weighted by molar-refractivity contribution is 5.52. The van der Waals surface area contributed by atoms with Crippen LogP contribution in [-0.4, -0.2) is 48.4 Å². The molecule has 1 fully saturated rings. The number of benzene rings is 1. The van der Waals surface area contributed by atoms with Crippen LogP contribution in [0.5, 0.6) is 0 Å². The van der Waals surface area contributed by atoms with E-state index in [1.165, 1.54) is 18.6 Å². The van der Waals surface area contributed by atoms with Gasteiger partial charge in [0.1, 0.15) is 5.82 Å². The predicted octanol–water partition coefficient (Wildman–Crippen LogP) is 3.66. The summed E-state index contributed by atoms with van der Waals surface area (Å²) < 4.78 is 23.9. The van der Waals surface area contributed by atoms with Crippen molar-refractivity contribution in [2.75, 3.05) is 33.4 Å². The Balaban J connectivity index is 1.81. The number of piperidine rings is 1. The van der Waals surface area contributed by atoms with Crippen molar-refractivity contribution in [3.05, 3.63) is 35.9 Å². The lowest BCUT2D eigenvalue weighted by Crippen LogP contribution is -2.44. The van der Waals surface area contributed by atoms with Crippen molar-refractivity contribution in [3.63, 3.8) is 0 Å². The predicted molar refractivity (Wildman–Crippen MR) is 93.8 cm³/mol. The van der Waals surface area contributed by atoms with E-state index in [2.05, 4.69) is 22.0 Å². The summed E-state index contributed by atoms with van der Waals surface area (Å²) in [7, 11) is 1.72. The molecule has 3 rings (SSSR count). The minimum absolute atomic E-state index is 0.109. The molecule has 5 nitrogen and oxygen atoms in total. The first kappa shape index (κ1) is 18.0. The van der Waals surface area contributed by atoms with Gasteiger partial charge in [-0.3, -0.25) is 0 Å². The molecule has 0 spiro atoms. The van der Waals surface area contributed by atoms with Crippen molar-refractivity contribution in [2.24, 2.45) is 0 Å². The van der Waals surface area contributed by atoms with Crippen LogP contribution in [0, 0.1) is 5.82 Å². The van der Waals surface area contributed by atoms with Crippen LogP contribution in [0.25, 0.3) is 11.5 Å². The van der Waals surface area contributed by atoms with Crippen molar-refractivity contribution in [1.82, 2.24) is 15.0 Å². The summed E-state index contributed by atoms with van der Waals surface area (Å²) in [5.74, 6) is 0.922. The summed E-state index contributed by atoms with van der Waals surface area (Å²) in [5, 5.41) is 4.28. The molecule has 0 N–H and O–H groups in total. The topological polar surface area (TPSA) is 51.4 Å². The summed E-state index contributed by atoms with van der Waals surface area (Å²) in [6.07, 6.45) is 4.05. The first-order chi connectivity index (χ1) is 12.2. The average Bonchev–Trinajstić information content (AvgIpc) is 3.13. The number of likely N-dealkylation sites (tertiary alicyclic amines) is 1. The van der Waals surface area contributed by atoms with Crippen molar-refractivity contribution in [2.45, 2.75) is 38.0 Å². The molecule has 0 atom stereocenters. The maximum atomic E-state index is 13.1. The van der Waals surface area contributed by atoms with Crippen LogP contribution in [0.15, 0.2) is 28.8 Å². The van der Waals surface area contributed by atoms with Gasteiger partial charge in [0.15, 0.2) is 5.82 Å². The lowest BCUT2D eigenvalue weighted by atomic mass is 9.75. The Kier molecular flexibility index (Phi) is 5.81. The highest BCUT2D eigenvalue weighted by atomic mass is 19.1. The zero-order valence-electron chi connectivity index (χ0n) is 15.0. The standard InChI is InChI=1S/C19H26FN3O2/c1-3-11-23-12-8-19(9-13-23,10-14-24-2)18-21-17(25-22-18)15-4-6-16(20)7-5-15/h4-7H,3,8-14H2,1-2H3. The van der Waals surface area contributed by atoms with Gasteiger partial charge in [0.2, 0.25) is 0 Å². The first-order valence-electron chi connectivity index (χ1n) is 8.98. The smallest absolute Gasteiger partial charge is 0.257 e. The molecule has 0 bridgehead atoms. The van der Waals surface area contributed by atoms with Gasteiger partial charge in [0, 0.05) is 24.7 Å². The van der Waals surface area contributed by atoms with Gasteiger partial charge < -0.3 is 14.2 Å². The molecular weight excluding hydrogens is 321 g/mol. The van der Waals surface area contributed by atoms with Crippen LogP contribution < -0.4 is 0 Å². The van der Waals surface area contributed by atoms with E-state index >= 15 is 0 Å². The van der Waals surface area contributed by atoms with Gasteiger partial charge in [-0.25, -0.2) is 4.39 Å². The molecule has 1 aromatic heterocycles. The van der Waals surface area contributed by atoms with Crippen LogP contribution in [-0.2, 0) is 10.2 Å². The largest absolute Gasteiger partial charge is 0.385 e. The van der Waals surface area contributed by atoms with Crippen molar-refractivity contribution < 1.29 is 13.7 Å². The summed E-state index contributed by atoms with van der Waals surface area (Å²) in [6, 6.07) is 6.14. The lowest BCUT2D eigenvalue weighted by molar-refractivity contribution is 0.106. The average molecular weight is 347 g/mol. The molecule has 0 saturated carbocycles. The van der Waals surface area contributed by atoms with Crippen molar-refractivity contribution in [3.8, 4) is 11.5 Å². The minimum Gasteiger partial charge on any atom is -0.385 e. The summed E-state index contributed by atoms with van der Waals surface area (Å²) in [5.41, 5.74) is 0.632. The molecule has 0 aliphatic carbocycles.